The molecule has 0 radical (unpaired) electrons. The maximum Gasteiger partial charge on any atom is 0.260 e. The van der Waals surface area contributed by atoms with Crippen LogP contribution in [0.1, 0.15) is 30.3 Å². The molecule has 4 nitrogen and oxygen atoms in total. The van der Waals surface area contributed by atoms with Crippen molar-refractivity contribution >= 4 is 21.6 Å². The highest BCUT2D eigenvalue weighted by Gasteiger charge is 2.14. The van der Waals surface area contributed by atoms with E-state index in [1.165, 1.54) is 22.5 Å². The van der Waals surface area contributed by atoms with Gasteiger partial charge in [0.25, 0.3) is 5.56 Å². The van der Waals surface area contributed by atoms with E-state index in [4.69, 9.17) is 0 Å². The van der Waals surface area contributed by atoms with Crippen LogP contribution in [0.15, 0.2) is 28.4 Å². The number of nitrogens with one attached hydrogen (secondary N) is 2. The van der Waals surface area contributed by atoms with E-state index in [-0.39, 0.29) is 5.56 Å². The highest BCUT2D eigenvalue weighted by atomic mass is 32.1. The van der Waals surface area contributed by atoms with Gasteiger partial charge < -0.3 is 10.3 Å². The Balaban J connectivity index is 2.05. The Bertz CT molecular complexity index is 895. The molecular weight excluding hydrogens is 306 g/mol. The zero-order valence-electron chi connectivity index (χ0n) is 13.7. The van der Waals surface area contributed by atoms with E-state index in [9.17, 15) is 4.79 Å². The van der Waals surface area contributed by atoms with Crippen molar-refractivity contribution in [2.45, 2.75) is 33.7 Å². The summed E-state index contributed by atoms with van der Waals surface area (Å²) >= 11 is 1.53. The third-order valence-corrected chi connectivity index (χ3v) is 4.76. The van der Waals surface area contributed by atoms with Crippen molar-refractivity contribution in [1.29, 1.82) is 0 Å². The average Bonchev–Trinajstić information content (AvgIpc) is 2.92. The summed E-state index contributed by atoms with van der Waals surface area (Å²) < 4.78 is 0. The zero-order valence-corrected chi connectivity index (χ0v) is 14.5. The first-order valence-electron chi connectivity index (χ1n) is 7.89. The molecule has 0 amide bonds. The van der Waals surface area contributed by atoms with Gasteiger partial charge in [-0.25, -0.2) is 4.98 Å². The predicted molar refractivity (Wildman–Crippen MR) is 97.1 cm³/mol. The van der Waals surface area contributed by atoms with Gasteiger partial charge in [0.1, 0.15) is 10.7 Å². The molecule has 2 aromatic heterocycles. The fourth-order valence-corrected chi connectivity index (χ4v) is 3.73. The third kappa shape index (κ3) is 3.21. The van der Waals surface area contributed by atoms with Crippen molar-refractivity contribution in [1.82, 2.24) is 15.3 Å². The van der Waals surface area contributed by atoms with Crippen LogP contribution < -0.4 is 10.9 Å². The van der Waals surface area contributed by atoms with Gasteiger partial charge in [-0.3, -0.25) is 4.79 Å². The first-order valence-corrected chi connectivity index (χ1v) is 8.77. The van der Waals surface area contributed by atoms with Gasteiger partial charge in [-0.15, -0.1) is 11.3 Å². The molecule has 0 aliphatic carbocycles. The second-order valence-corrected chi connectivity index (χ2v) is 6.70. The summed E-state index contributed by atoms with van der Waals surface area (Å²) in [6.07, 6.45) is 1.06. The third-order valence-electron chi connectivity index (χ3n) is 3.88. The Morgan fingerprint density at radius 1 is 1.26 bits per heavy atom. The summed E-state index contributed by atoms with van der Waals surface area (Å²) in [5.41, 5.74) is 4.43. The van der Waals surface area contributed by atoms with Crippen molar-refractivity contribution in [2.75, 3.05) is 6.54 Å². The quantitative estimate of drug-likeness (QED) is 0.701. The Kier molecular flexibility index (Phi) is 4.59. The average molecular weight is 327 g/mol. The number of aryl methyl sites for hydroxylation is 2. The lowest BCUT2D eigenvalue weighted by molar-refractivity contribution is 0.651. The zero-order chi connectivity index (χ0) is 16.4. The van der Waals surface area contributed by atoms with Gasteiger partial charge >= 0.3 is 0 Å². The molecule has 0 atom stereocenters. The van der Waals surface area contributed by atoms with Crippen LogP contribution in [-0.2, 0) is 6.54 Å². The number of nitrogens with zero attached hydrogens (tertiary/aromatic N) is 1. The molecular formula is C18H21N3OS. The first kappa shape index (κ1) is 15.9. The Morgan fingerprint density at radius 2 is 2.09 bits per heavy atom. The molecule has 0 bridgehead atoms. The van der Waals surface area contributed by atoms with Gasteiger partial charge in [-0.2, -0.15) is 0 Å². The van der Waals surface area contributed by atoms with Crippen molar-refractivity contribution in [3.63, 3.8) is 0 Å². The molecule has 0 saturated heterocycles. The van der Waals surface area contributed by atoms with E-state index >= 15 is 0 Å². The minimum absolute atomic E-state index is 0.0560. The summed E-state index contributed by atoms with van der Waals surface area (Å²) in [6, 6.07) is 6.31. The molecule has 0 aliphatic heterocycles. The minimum atomic E-state index is -0.0560. The SMILES string of the molecule is CCCNCc1nc2scc(-c3ccc(C)cc3C)c2c(=O)[nH]1. The molecule has 120 valence electrons. The smallest absolute Gasteiger partial charge is 0.260 e. The topological polar surface area (TPSA) is 57.8 Å². The van der Waals surface area contributed by atoms with E-state index in [0.29, 0.717) is 17.8 Å². The summed E-state index contributed by atoms with van der Waals surface area (Å²) in [5.74, 6) is 0.699. The van der Waals surface area contributed by atoms with Gasteiger partial charge in [0, 0.05) is 10.9 Å². The van der Waals surface area contributed by atoms with Crippen molar-refractivity contribution in [3.05, 3.63) is 50.9 Å². The number of thiophene rings is 1. The van der Waals surface area contributed by atoms with Gasteiger partial charge in [-0.1, -0.05) is 30.7 Å². The van der Waals surface area contributed by atoms with Crippen LogP contribution in [0.2, 0.25) is 0 Å². The summed E-state index contributed by atoms with van der Waals surface area (Å²) in [4.78, 5) is 20.9. The molecule has 5 heteroatoms. The second kappa shape index (κ2) is 6.64. The van der Waals surface area contributed by atoms with Gasteiger partial charge in [-0.05, 0) is 37.9 Å². The number of rotatable bonds is 5. The molecule has 2 N–H and O–H groups in total. The predicted octanol–water partition coefficient (Wildman–Crippen LogP) is 3.77. The number of benzene rings is 1. The maximum atomic E-state index is 12.5. The number of hydrogen-bond acceptors (Lipinski definition) is 4. The number of H-pyrrole nitrogens is 1. The maximum absolute atomic E-state index is 12.5. The number of aromatic amines is 1. The minimum Gasteiger partial charge on any atom is -0.310 e. The summed E-state index contributed by atoms with van der Waals surface area (Å²) in [5, 5.41) is 6.00. The van der Waals surface area contributed by atoms with E-state index in [0.717, 1.165) is 28.9 Å². The number of aromatic nitrogens is 2. The van der Waals surface area contributed by atoms with Crippen molar-refractivity contribution < 1.29 is 0 Å². The lowest BCUT2D eigenvalue weighted by atomic mass is 9.99. The molecule has 0 unspecified atom stereocenters. The fraction of sp³-hybridized carbons (Fsp3) is 0.333. The monoisotopic (exact) mass is 327 g/mol. The molecule has 0 fully saturated rings. The lowest BCUT2D eigenvalue weighted by Crippen LogP contribution is -2.19. The van der Waals surface area contributed by atoms with Crippen LogP contribution in [0.4, 0.5) is 0 Å². The molecule has 2 heterocycles. The molecule has 0 aliphatic rings. The van der Waals surface area contributed by atoms with Crippen LogP contribution in [0.5, 0.6) is 0 Å². The molecule has 3 rings (SSSR count). The van der Waals surface area contributed by atoms with E-state index in [1.807, 2.05) is 5.38 Å². The second-order valence-electron chi connectivity index (χ2n) is 5.84. The molecule has 1 aromatic carbocycles. The van der Waals surface area contributed by atoms with Crippen LogP contribution in [-0.4, -0.2) is 16.5 Å². The van der Waals surface area contributed by atoms with Gasteiger partial charge in [0.15, 0.2) is 0 Å². The number of fused-ring (bicyclic) bond motifs is 1. The van der Waals surface area contributed by atoms with E-state index < -0.39 is 0 Å². The Labute approximate surface area is 139 Å². The lowest BCUT2D eigenvalue weighted by Gasteiger charge is -2.06. The molecule has 23 heavy (non-hydrogen) atoms. The van der Waals surface area contributed by atoms with Crippen LogP contribution in [0.25, 0.3) is 21.3 Å². The summed E-state index contributed by atoms with van der Waals surface area (Å²) in [7, 11) is 0. The first-order chi connectivity index (χ1) is 11.1. The fourth-order valence-electron chi connectivity index (χ4n) is 2.77. The highest BCUT2D eigenvalue weighted by Crippen LogP contribution is 2.32. The van der Waals surface area contributed by atoms with Crippen LogP contribution in [0, 0.1) is 13.8 Å². The van der Waals surface area contributed by atoms with Crippen molar-refractivity contribution in [2.24, 2.45) is 0 Å². The van der Waals surface area contributed by atoms with E-state index in [1.54, 1.807) is 0 Å². The van der Waals surface area contributed by atoms with Crippen LogP contribution in [0.3, 0.4) is 0 Å². The van der Waals surface area contributed by atoms with Gasteiger partial charge in [0.2, 0.25) is 0 Å². The molecule has 3 aromatic rings. The van der Waals surface area contributed by atoms with Crippen molar-refractivity contribution in [3.8, 4) is 11.1 Å². The van der Waals surface area contributed by atoms with Crippen LogP contribution >= 0.6 is 11.3 Å². The normalized spacial score (nSPS) is 11.3. The summed E-state index contributed by atoms with van der Waals surface area (Å²) in [6.45, 7) is 7.78. The largest absolute Gasteiger partial charge is 0.310 e. The Morgan fingerprint density at radius 3 is 2.83 bits per heavy atom. The molecule has 0 spiro atoms. The van der Waals surface area contributed by atoms with E-state index in [2.05, 4.69) is 54.3 Å². The Hall–Kier alpha value is -1.98. The van der Waals surface area contributed by atoms with Gasteiger partial charge in [0.05, 0.1) is 11.9 Å². The molecule has 0 saturated carbocycles. The standard InChI is InChI=1S/C18H21N3OS/c1-4-7-19-9-15-20-17(22)16-14(10-23-18(16)21-15)13-6-5-11(2)8-12(13)3/h5-6,8,10,19H,4,7,9H2,1-3H3,(H,20,21,22). The number of hydrogen-bond donors (Lipinski definition) is 2. The highest BCUT2D eigenvalue weighted by molar-refractivity contribution is 7.17.